The Morgan fingerprint density at radius 2 is 1.84 bits per heavy atom. The topological polar surface area (TPSA) is 52.8 Å². The van der Waals surface area contributed by atoms with E-state index in [0.717, 1.165) is 17.0 Å². The quantitative estimate of drug-likeness (QED) is 0.718. The third kappa shape index (κ3) is 2.30. The summed E-state index contributed by atoms with van der Waals surface area (Å²) in [7, 11) is 1.63. The van der Waals surface area contributed by atoms with E-state index in [0.29, 0.717) is 5.82 Å². The van der Waals surface area contributed by atoms with Gasteiger partial charge in [-0.1, -0.05) is 36.4 Å². The second-order valence-electron chi connectivity index (χ2n) is 3.97. The molecule has 1 aromatic heterocycles. The highest BCUT2D eigenvalue weighted by molar-refractivity contribution is 5.53. The molecule has 3 rings (SSSR count). The molecule has 0 saturated carbocycles. The van der Waals surface area contributed by atoms with Crippen LogP contribution < -0.4 is 4.74 Å². The van der Waals surface area contributed by atoms with Gasteiger partial charge in [0.2, 0.25) is 5.82 Å². The van der Waals surface area contributed by atoms with Crippen molar-refractivity contribution in [1.82, 2.24) is 20.2 Å². The molecule has 0 atom stereocenters. The Morgan fingerprint density at radius 3 is 2.63 bits per heavy atom. The third-order valence-electron chi connectivity index (χ3n) is 2.73. The Hall–Kier alpha value is -2.69. The number of ether oxygens (including phenoxy) is 1. The number of benzene rings is 2. The van der Waals surface area contributed by atoms with Crippen molar-refractivity contribution in [3.63, 3.8) is 0 Å². The van der Waals surface area contributed by atoms with Crippen LogP contribution in [-0.2, 0) is 0 Å². The molecule has 0 unspecified atom stereocenters. The average molecular weight is 252 g/mol. The summed E-state index contributed by atoms with van der Waals surface area (Å²) in [6.07, 6.45) is 0. The molecule has 0 amide bonds. The maximum Gasteiger partial charge on any atom is 0.205 e. The van der Waals surface area contributed by atoms with E-state index < -0.39 is 0 Å². The molecule has 19 heavy (non-hydrogen) atoms. The Bertz CT molecular complexity index is 679. The minimum atomic E-state index is 0.600. The maximum atomic E-state index is 5.18. The summed E-state index contributed by atoms with van der Waals surface area (Å²) in [5.74, 6) is 1.36. The fraction of sp³-hybridized carbons (Fsp3) is 0.0714. The average Bonchev–Trinajstić information content (AvgIpc) is 2.98. The van der Waals surface area contributed by atoms with E-state index in [1.165, 1.54) is 4.80 Å². The van der Waals surface area contributed by atoms with Crippen LogP contribution in [0.25, 0.3) is 17.1 Å². The Balaban J connectivity index is 1.97. The van der Waals surface area contributed by atoms with Crippen molar-refractivity contribution >= 4 is 0 Å². The largest absolute Gasteiger partial charge is 0.497 e. The van der Waals surface area contributed by atoms with Crippen molar-refractivity contribution in [2.45, 2.75) is 0 Å². The summed E-state index contributed by atoms with van der Waals surface area (Å²) in [5, 5.41) is 12.5. The van der Waals surface area contributed by atoms with Crippen molar-refractivity contribution in [1.29, 1.82) is 0 Å². The van der Waals surface area contributed by atoms with E-state index >= 15 is 0 Å². The van der Waals surface area contributed by atoms with Crippen LogP contribution in [0.1, 0.15) is 0 Å². The second-order valence-corrected chi connectivity index (χ2v) is 3.97. The zero-order valence-corrected chi connectivity index (χ0v) is 10.4. The first-order valence-corrected chi connectivity index (χ1v) is 5.87. The number of nitrogens with zero attached hydrogens (tertiary/aromatic N) is 4. The fourth-order valence-corrected chi connectivity index (χ4v) is 1.76. The molecule has 0 aliphatic carbocycles. The van der Waals surface area contributed by atoms with E-state index in [-0.39, 0.29) is 0 Å². The van der Waals surface area contributed by atoms with Crippen LogP contribution in [0.15, 0.2) is 54.6 Å². The fourth-order valence-electron chi connectivity index (χ4n) is 1.76. The minimum absolute atomic E-state index is 0.600. The molecule has 0 aliphatic heterocycles. The first kappa shape index (κ1) is 11.4. The van der Waals surface area contributed by atoms with Crippen LogP contribution in [0.5, 0.6) is 5.75 Å². The second kappa shape index (κ2) is 4.89. The number of methoxy groups -OCH3 is 1. The van der Waals surface area contributed by atoms with Gasteiger partial charge in [0.25, 0.3) is 0 Å². The van der Waals surface area contributed by atoms with Gasteiger partial charge in [-0.2, -0.15) is 0 Å². The molecular formula is C14H12N4O. The molecule has 0 spiro atoms. The molecular weight excluding hydrogens is 240 g/mol. The standard InChI is InChI=1S/C14H12N4O/c1-19-13-9-5-8-12(10-13)18-16-14(15-17-18)11-6-3-2-4-7-11/h2-10H,1H3. The molecule has 3 aromatic rings. The number of hydrogen-bond donors (Lipinski definition) is 0. The third-order valence-corrected chi connectivity index (χ3v) is 2.73. The van der Waals surface area contributed by atoms with Crippen molar-refractivity contribution in [3.8, 4) is 22.8 Å². The summed E-state index contributed by atoms with van der Waals surface area (Å²) < 4.78 is 5.18. The maximum absolute atomic E-state index is 5.18. The lowest BCUT2D eigenvalue weighted by Crippen LogP contribution is -1.99. The van der Waals surface area contributed by atoms with Gasteiger partial charge in [0.15, 0.2) is 0 Å². The highest BCUT2D eigenvalue weighted by Gasteiger charge is 2.07. The summed E-state index contributed by atoms with van der Waals surface area (Å²) in [6.45, 7) is 0. The van der Waals surface area contributed by atoms with E-state index in [1.807, 2.05) is 54.6 Å². The van der Waals surface area contributed by atoms with Crippen LogP contribution >= 0.6 is 0 Å². The van der Waals surface area contributed by atoms with Gasteiger partial charge < -0.3 is 4.74 Å². The monoisotopic (exact) mass is 252 g/mol. The Morgan fingerprint density at radius 1 is 1.00 bits per heavy atom. The Labute approximate surface area is 110 Å². The van der Waals surface area contributed by atoms with Crippen LogP contribution in [0, 0.1) is 0 Å². The van der Waals surface area contributed by atoms with Gasteiger partial charge in [0.05, 0.1) is 12.8 Å². The highest BCUT2D eigenvalue weighted by Crippen LogP contribution is 2.17. The predicted molar refractivity (Wildman–Crippen MR) is 71.1 cm³/mol. The number of aromatic nitrogens is 4. The van der Waals surface area contributed by atoms with Crippen LogP contribution in [0.2, 0.25) is 0 Å². The molecule has 2 aromatic carbocycles. The summed E-state index contributed by atoms with van der Waals surface area (Å²) in [6, 6.07) is 17.3. The zero-order valence-electron chi connectivity index (χ0n) is 10.4. The molecule has 0 fully saturated rings. The molecule has 94 valence electrons. The first-order chi connectivity index (χ1) is 9.36. The smallest absolute Gasteiger partial charge is 0.205 e. The minimum Gasteiger partial charge on any atom is -0.497 e. The molecule has 0 bridgehead atoms. The molecule has 1 heterocycles. The van der Waals surface area contributed by atoms with E-state index in [9.17, 15) is 0 Å². The van der Waals surface area contributed by atoms with E-state index in [2.05, 4.69) is 15.4 Å². The lowest BCUT2D eigenvalue weighted by Gasteiger charge is -2.01. The Kier molecular flexibility index (Phi) is 2.94. The van der Waals surface area contributed by atoms with Gasteiger partial charge in [-0.05, 0) is 17.3 Å². The molecule has 5 nitrogen and oxygen atoms in total. The molecule has 0 N–H and O–H groups in total. The highest BCUT2D eigenvalue weighted by atomic mass is 16.5. The normalized spacial score (nSPS) is 10.4. The van der Waals surface area contributed by atoms with Crippen LogP contribution in [0.4, 0.5) is 0 Å². The summed E-state index contributed by atoms with van der Waals surface area (Å²) in [5.41, 5.74) is 1.76. The van der Waals surface area contributed by atoms with Crippen molar-refractivity contribution < 1.29 is 4.74 Å². The number of hydrogen-bond acceptors (Lipinski definition) is 4. The van der Waals surface area contributed by atoms with Gasteiger partial charge in [0, 0.05) is 11.6 Å². The molecule has 0 saturated heterocycles. The summed E-state index contributed by atoms with van der Waals surface area (Å²) in [4.78, 5) is 1.49. The number of rotatable bonds is 3. The predicted octanol–water partition coefficient (Wildman–Crippen LogP) is 2.34. The summed E-state index contributed by atoms with van der Waals surface area (Å²) >= 11 is 0. The van der Waals surface area contributed by atoms with Gasteiger partial charge in [-0.3, -0.25) is 0 Å². The molecule has 0 aliphatic rings. The molecule has 5 heteroatoms. The van der Waals surface area contributed by atoms with Crippen LogP contribution in [0.3, 0.4) is 0 Å². The van der Waals surface area contributed by atoms with Crippen molar-refractivity contribution in [2.24, 2.45) is 0 Å². The van der Waals surface area contributed by atoms with Crippen molar-refractivity contribution in [3.05, 3.63) is 54.6 Å². The van der Waals surface area contributed by atoms with E-state index in [4.69, 9.17) is 4.74 Å². The lowest BCUT2D eigenvalue weighted by molar-refractivity contribution is 0.414. The van der Waals surface area contributed by atoms with E-state index in [1.54, 1.807) is 7.11 Å². The van der Waals surface area contributed by atoms with Crippen molar-refractivity contribution in [2.75, 3.05) is 7.11 Å². The first-order valence-electron chi connectivity index (χ1n) is 5.87. The van der Waals surface area contributed by atoms with Gasteiger partial charge in [0.1, 0.15) is 5.75 Å². The zero-order chi connectivity index (χ0) is 13.1. The van der Waals surface area contributed by atoms with Crippen LogP contribution in [-0.4, -0.2) is 27.3 Å². The van der Waals surface area contributed by atoms with Gasteiger partial charge >= 0.3 is 0 Å². The number of tetrazole rings is 1. The SMILES string of the molecule is COc1cccc(-n2nnc(-c3ccccc3)n2)c1. The molecule has 0 radical (unpaired) electrons. The van der Waals surface area contributed by atoms with Gasteiger partial charge in [-0.15, -0.1) is 15.0 Å². The van der Waals surface area contributed by atoms with Gasteiger partial charge in [-0.25, -0.2) is 0 Å². The lowest BCUT2D eigenvalue weighted by atomic mass is 10.2.